The summed E-state index contributed by atoms with van der Waals surface area (Å²) in [5.41, 5.74) is 2.59. The zero-order valence-electron chi connectivity index (χ0n) is 11.4. The van der Waals surface area contributed by atoms with Crippen molar-refractivity contribution in [2.45, 2.75) is 13.5 Å². The van der Waals surface area contributed by atoms with E-state index in [2.05, 4.69) is 0 Å². The van der Waals surface area contributed by atoms with Crippen LogP contribution >= 0.6 is 0 Å². The van der Waals surface area contributed by atoms with Crippen molar-refractivity contribution in [3.63, 3.8) is 0 Å². The lowest BCUT2D eigenvalue weighted by atomic mass is 10.1. The molecular formula is C15H16N2O3. The van der Waals surface area contributed by atoms with Gasteiger partial charge in [-0.3, -0.25) is 10.1 Å². The minimum atomic E-state index is -0.420. The topological polar surface area (TPSA) is 66.6 Å². The highest BCUT2D eigenvalue weighted by atomic mass is 16.6. The van der Waals surface area contributed by atoms with Crippen LogP contribution < -0.4 is 4.90 Å². The number of anilines is 1. The number of hydrogen-bond donors (Lipinski definition) is 1. The van der Waals surface area contributed by atoms with Gasteiger partial charge in [0.25, 0.3) is 5.69 Å². The number of nitrogens with zero attached hydrogens (tertiary/aromatic N) is 2. The van der Waals surface area contributed by atoms with Crippen LogP contribution in [0.2, 0.25) is 0 Å². The molecule has 2 aromatic rings. The summed E-state index contributed by atoms with van der Waals surface area (Å²) in [7, 11) is 1.88. The second-order valence-electron chi connectivity index (χ2n) is 4.71. The Labute approximate surface area is 117 Å². The van der Waals surface area contributed by atoms with E-state index in [0.29, 0.717) is 12.3 Å². The number of aromatic hydroxyl groups is 1. The fourth-order valence-electron chi connectivity index (χ4n) is 2.02. The summed E-state index contributed by atoms with van der Waals surface area (Å²) in [5, 5.41) is 20.6. The van der Waals surface area contributed by atoms with Crippen molar-refractivity contribution < 1.29 is 10.0 Å². The molecule has 0 atom stereocenters. The van der Waals surface area contributed by atoms with E-state index in [1.54, 1.807) is 12.1 Å². The van der Waals surface area contributed by atoms with Gasteiger partial charge in [0.1, 0.15) is 5.75 Å². The van der Waals surface area contributed by atoms with Crippen molar-refractivity contribution in [1.29, 1.82) is 0 Å². The fourth-order valence-corrected chi connectivity index (χ4v) is 2.02. The summed E-state index contributed by atoms with van der Waals surface area (Å²) < 4.78 is 0. The third-order valence-electron chi connectivity index (χ3n) is 3.23. The number of phenols is 1. The van der Waals surface area contributed by atoms with E-state index in [1.807, 2.05) is 37.1 Å². The van der Waals surface area contributed by atoms with Gasteiger partial charge < -0.3 is 10.0 Å². The second-order valence-corrected chi connectivity index (χ2v) is 4.71. The number of nitro benzene ring substituents is 1. The predicted molar refractivity (Wildman–Crippen MR) is 78.0 cm³/mol. The van der Waals surface area contributed by atoms with Gasteiger partial charge in [0, 0.05) is 37.0 Å². The quantitative estimate of drug-likeness (QED) is 0.685. The van der Waals surface area contributed by atoms with Crippen LogP contribution in [0.25, 0.3) is 0 Å². The smallest absolute Gasteiger partial charge is 0.269 e. The molecule has 0 bridgehead atoms. The Morgan fingerprint density at radius 2 is 1.85 bits per heavy atom. The molecule has 0 saturated carbocycles. The SMILES string of the molecule is Cc1cccc(CN(C)c2ccc([N+](=O)[O-])cc2)c1O. The molecule has 0 aromatic heterocycles. The van der Waals surface area contributed by atoms with Crippen molar-refractivity contribution in [2.75, 3.05) is 11.9 Å². The summed E-state index contributed by atoms with van der Waals surface area (Å²) in [4.78, 5) is 12.1. The van der Waals surface area contributed by atoms with Crippen LogP contribution in [0.15, 0.2) is 42.5 Å². The molecule has 5 heteroatoms. The summed E-state index contributed by atoms with van der Waals surface area (Å²) >= 11 is 0. The van der Waals surface area contributed by atoms with Crippen molar-refractivity contribution in [3.05, 3.63) is 63.7 Å². The molecule has 2 rings (SSSR count). The maximum atomic E-state index is 10.6. The highest BCUT2D eigenvalue weighted by Gasteiger charge is 2.09. The fraction of sp³-hybridized carbons (Fsp3) is 0.200. The van der Waals surface area contributed by atoms with E-state index in [9.17, 15) is 15.2 Å². The summed E-state index contributed by atoms with van der Waals surface area (Å²) in [6.07, 6.45) is 0. The Hall–Kier alpha value is -2.56. The van der Waals surface area contributed by atoms with Crippen LogP contribution in [0.4, 0.5) is 11.4 Å². The average Bonchev–Trinajstić information content (AvgIpc) is 2.44. The highest BCUT2D eigenvalue weighted by molar-refractivity contribution is 5.52. The zero-order chi connectivity index (χ0) is 14.7. The van der Waals surface area contributed by atoms with Crippen molar-refractivity contribution in [1.82, 2.24) is 0 Å². The Balaban J connectivity index is 2.17. The van der Waals surface area contributed by atoms with Gasteiger partial charge in [0.05, 0.1) is 4.92 Å². The van der Waals surface area contributed by atoms with Gasteiger partial charge in [0.2, 0.25) is 0 Å². The third kappa shape index (κ3) is 2.88. The minimum Gasteiger partial charge on any atom is -0.507 e. The van der Waals surface area contributed by atoms with Gasteiger partial charge in [-0.05, 0) is 24.6 Å². The lowest BCUT2D eigenvalue weighted by molar-refractivity contribution is -0.384. The number of aryl methyl sites for hydroxylation is 1. The van der Waals surface area contributed by atoms with Crippen LogP contribution in [-0.2, 0) is 6.54 Å². The number of phenolic OH excluding ortho intramolecular Hbond substituents is 1. The van der Waals surface area contributed by atoms with Gasteiger partial charge >= 0.3 is 0 Å². The van der Waals surface area contributed by atoms with Crippen LogP contribution in [0.1, 0.15) is 11.1 Å². The average molecular weight is 272 g/mol. The number of hydrogen-bond acceptors (Lipinski definition) is 4. The van der Waals surface area contributed by atoms with E-state index >= 15 is 0 Å². The zero-order valence-corrected chi connectivity index (χ0v) is 11.4. The molecule has 0 aliphatic carbocycles. The molecule has 0 amide bonds. The van der Waals surface area contributed by atoms with E-state index in [4.69, 9.17) is 0 Å². The molecule has 0 spiro atoms. The van der Waals surface area contributed by atoms with Crippen molar-refractivity contribution >= 4 is 11.4 Å². The van der Waals surface area contributed by atoms with E-state index in [1.165, 1.54) is 12.1 Å². The molecular weight excluding hydrogens is 256 g/mol. The van der Waals surface area contributed by atoms with Crippen LogP contribution in [0, 0.1) is 17.0 Å². The lowest BCUT2D eigenvalue weighted by Crippen LogP contribution is -2.16. The number of non-ortho nitro benzene ring substituents is 1. The van der Waals surface area contributed by atoms with Crippen LogP contribution in [0.3, 0.4) is 0 Å². The molecule has 104 valence electrons. The number of nitro groups is 1. The van der Waals surface area contributed by atoms with E-state index in [-0.39, 0.29) is 5.69 Å². The first-order valence-electron chi connectivity index (χ1n) is 6.22. The van der Waals surface area contributed by atoms with Gasteiger partial charge in [-0.15, -0.1) is 0 Å². The van der Waals surface area contributed by atoms with E-state index < -0.39 is 4.92 Å². The minimum absolute atomic E-state index is 0.0700. The first-order valence-corrected chi connectivity index (χ1v) is 6.22. The van der Waals surface area contributed by atoms with Crippen LogP contribution in [-0.4, -0.2) is 17.1 Å². The maximum Gasteiger partial charge on any atom is 0.269 e. The first-order chi connectivity index (χ1) is 9.49. The first kappa shape index (κ1) is 13.9. The molecule has 0 saturated heterocycles. The second kappa shape index (κ2) is 5.61. The largest absolute Gasteiger partial charge is 0.507 e. The molecule has 0 radical (unpaired) electrons. The molecule has 0 fully saturated rings. The Bertz CT molecular complexity index is 624. The molecule has 0 aliphatic rings. The van der Waals surface area contributed by atoms with E-state index in [0.717, 1.165) is 16.8 Å². The molecule has 0 heterocycles. The maximum absolute atomic E-state index is 10.6. The van der Waals surface area contributed by atoms with Gasteiger partial charge in [-0.1, -0.05) is 18.2 Å². The predicted octanol–water partition coefficient (Wildman–Crippen LogP) is 3.25. The number of benzene rings is 2. The van der Waals surface area contributed by atoms with Crippen molar-refractivity contribution in [2.24, 2.45) is 0 Å². The molecule has 20 heavy (non-hydrogen) atoms. The molecule has 5 nitrogen and oxygen atoms in total. The monoisotopic (exact) mass is 272 g/mol. The highest BCUT2D eigenvalue weighted by Crippen LogP contribution is 2.25. The Morgan fingerprint density at radius 3 is 2.45 bits per heavy atom. The number of para-hydroxylation sites is 1. The lowest BCUT2D eigenvalue weighted by Gasteiger charge is -2.20. The normalized spacial score (nSPS) is 10.3. The van der Waals surface area contributed by atoms with Gasteiger partial charge in [-0.2, -0.15) is 0 Å². The molecule has 0 unspecified atom stereocenters. The summed E-state index contributed by atoms with van der Waals surface area (Å²) in [6, 6.07) is 12.0. The van der Waals surface area contributed by atoms with Crippen LogP contribution in [0.5, 0.6) is 5.75 Å². The van der Waals surface area contributed by atoms with Gasteiger partial charge in [-0.25, -0.2) is 0 Å². The Morgan fingerprint density at radius 1 is 1.20 bits per heavy atom. The summed E-state index contributed by atoms with van der Waals surface area (Å²) in [6.45, 7) is 2.38. The molecule has 0 aliphatic heterocycles. The summed E-state index contributed by atoms with van der Waals surface area (Å²) in [5.74, 6) is 0.293. The molecule has 2 aromatic carbocycles. The number of rotatable bonds is 4. The van der Waals surface area contributed by atoms with Crippen molar-refractivity contribution in [3.8, 4) is 5.75 Å². The van der Waals surface area contributed by atoms with Gasteiger partial charge in [0.15, 0.2) is 0 Å². The third-order valence-corrected chi connectivity index (χ3v) is 3.23. The Kier molecular flexibility index (Phi) is 3.89. The molecule has 1 N–H and O–H groups in total. The standard InChI is InChI=1S/C15H16N2O3/c1-11-4-3-5-12(15(11)18)10-16(2)13-6-8-14(9-7-13)17(19)20/h3-9,18H,10H2,1-2H3.